The molecular weight excluding hydrogens is 284 g/mol. The summed E-state index contributed by atoms with van der Waals surface area (Å²) in [6.07, 6.45) is 0.810. The standard InChI is InChI=1S/C13H13BrO3/c1-7-3-10-9(11(14)4-7)5-8(6-12(10)15)13(16)17-2/h3-4,8H,5-6H2,1-2H3. The van der Waals surface area contributed by atoms with Gasteiger partial charge in [0.2, 0.25) is 0 Å². The minimum Gasteiger partial charge on any atom is -0.469 e. The van der Waals surface area contributed by atoms with Crippen LogP contribution in [0.25, 0.3) is 0 Å². The lowest BCUT2D eigenvalue weighted by Crippen LogP contribution is -2.27. The summed E-state index contributed by atoms with van der Waals surface area (Å²) in [4.78, 5) is 23.5. The maximum atomic E-state index is 12.0. The molecule has 17 heavy (non-hydrogen) atoms. The molecule has 90 valence electrons. The van der Waals surface area contributed by atoms with Gasteiger partial charge in [-0.15, -0.1) is 0 Å². The highest BCUT2D eigenvalue weighted by Gasteiger charge is 2.31. The van der Waals surface area contributed by atoms with Crippen LogP contribution in [0, 0.1) is 12.8 Å². The van der Waals surface area contributed by atoms with E-state index in [1.54, 1.807) is 0 Å². The van der Waals surface area contributed by atoms with Crippen molar-refractivity contribution >= 4 is 27.7 Å². The number of rotatable bonds is 1. The fourth-order valence-electron chi connectivity index (χ4n) is 2.21. The maximum absolute atomic E-state index is 12.0. The number of ketones is 1. The summed E-state index contributed by atoms with van der Waals surface area (Å²) in [6.45, 7) is 1.95. The van der Waals surface area contributed by atoms with Gasteiger partial charge in [-0.05, 0) is 36.6 Å². The van der Waals surface area contributed by atoms with Gasteiger partial charge in [-0.25, -0.2) is 0 Å². The van der Waals surface area contributed by atoms with Gasteiger partial charge in [0.05, 0.1) is 13.0 Å². The highest BCUT2D eigenvalue weighted by molar-refractivity contribution is 9.10. The zero-order valence-electron chi connectivity index (χ0n) is 9.75. The van der Waals surface area contributed by atoms with Gasteiger partial charge in [-0.1, -0.05) is 15.9 Å². The lowest BCUT2D eigenvalue weighted by Gasteiger charge is -2.23. The van der Waals surface area contributed by atoms with Crippen LogP contribution in [-0.4, -0.2) is 18.9 Å². The predicted molar refractivity (Wildman–Crippen MR) is 67.0 cm³/mol. The van der Waals surface area contributed by atoms with Crippen molar-refractivity contribution in [1.82, 2.24) is 0 Å². The smallest absolute Gasteiger partial charge is 0.309 e. The molecular formula is C13H13BrO3. The van der Waals surface area contributed by atoms with E-state index >= 15 is 0 Å². The number of carbonyl (C=O) groups is 2. The van der Waals surface area contributed by atoms with Crippen LogP contribution in [0.4, 0.5) is 0 Å². The second kappa shape index (κ2) is 4.61. The van der Waals surface area contributed by atoms with E-state index in [-0.39, 0.29) is 24.1 Å². The molecule has 0 heterocycles. The predicted octanol–water partition coefficient (Wildman–Crippen LogP) is 2.68. The van der Waals surface area contributed by atoms with Gasteiger partial charge in [0.25, 0.3) is 0 Å². The Labute approximate surface area is 108 Å². The molecule has 1 aromatic rings. The van der Waals surface area contributed by atoms with Gasteiger partial charge in [0.1, 0.15) is 0 Å². The molecule has 0 aliphatic heterocycles. The Morgan fingerprint density at radius 2 is 2.12 bits per heavy atom. The number of hydrogen-bond donors (Lipinski definition) is 0. The molecule has 0 amide bonds. The Kier molecular flexibility index (Phi) is 3.33. The van der Waals surface area contributed by atoms with Crippen LogP contribution < -0.4 is 0 Å². The van der Waals surface area contributed by atoms with Gasteiger partial charge in [-0.2, -0.15) is 0 Å². The first-order valence-electron chi connectivity index (χ1n) is 5.43. The summed E-state index contributed by atoms with van der Waals surface area (Å²) in [5.41, 5.74) is 2.69. The summed E-state index contributed by atoms with van der Waals surface area (Å²) in [7, 11) is 1.35. The van der Waals surface area contributed by atoms with Crippen molar-refractivity contribution in [2.75, 3.05) is 7.11 Å². The Bertz CT molecular complexity index is 494. The Hall–Kier alpha value is -1.16. The fraction of sp³-hybridized carbons (Fsp3) is 0.385. The van der Waals surface area contributed by atoms with E-state index in [0.29, 0.717) is 6.42 Å². The van der Waals surface area contributed by atoms with Crippen LogP contribution in [0.15, 0.2) is 16.6 Å². The minimum atomic E-state index is -0.348. The first kappa shape index (κ1) is 12.3. The Morgan fingerprint density at radius 3 is 2.76 bits per heavy atom. The maximum Gasteiger partial charge on any atom is 0.309 e. The second-order valence-electron chi connectivity index (χ2n) is 4.32. The first-order chi connectivity index (χ1) is 8.02. The number of fused-ring (bicyclic) bond motifs is 1. The van der Waals surface area contributed by atoms with Gasteiger partial charge < -0.3 is 4.74 Å². The van der Waals surface area contributed by atoms with Gasteiger partial charge >= 0.3 is 5.97 Å². The van der Waals surface area contributed by atoms with Crippen molar-refractivity contribution in [3.05, 3.63) is 33.3 Å². The van der Waals surface area contributed by atoms with E-state index < -0.39 is 0 Å². The molecule has 1 atom stereocenters. The van der Waals surface area contributed by atoms with Crippen LogP contribution in [0.2, 0.25) is 0 Å². The normalized spacial score (nSPS) is 18.8. The van der Waals surface area contributed by atoms with E-state index in [1.165, 1.54) is 7.11 Å². The van der Waals surface area contributed by atoms with Crippen molar-refractivity contribution in [2.45, 2.75) is 19.8 Å². The van der Waals surface area contributed by atoms with Crippen LogP contribution in [0.5, 0.6) is 0 Å². The lowest BCUT2D eigenvalue weighted by molar-refractivity contribution is -0.145. The third-order valence-corrected chi connectivity index (χ3v) is 3.76. The van der Waals surface area contributed by atoms with Gasteiger partial charge in [-0.3, -0.25) is 9.59 Å². The number of methoxy groups -OCH3 is 1. The van der Waals surface area contributed by atoms with Crippen LogP contribution in [-0.2, 0) is 16.0 Å². The zero-order chi connectivity index (χ0) is 12.6. The summed E-state index contributed by atoms with van der Waals surface area (Å²) < 4.78 is 5.61. The fourth-order valence-corrected chi connectivity index (χ4v) is 2.95. The SMILES string of the molecule is COC(=O)C1CC(=O)c2cc(C)cc(Br)c2C1. The van der Waals surface area contributed by atoms with E-state index in [1.807, 2.05) is 19.1 Å². The summed E-state index contributed by atoms with van der Waals surface area (Å²) in [5, 5.41) is 0. The topological polar surface area (TPSA) is 43.4 Å². The quantitative estimate of drug-likeness (QED) is 0.749. The molecule has 0 aromatic heterocycles. The monoisotopic (exact) mass is 296 g/mol. The highest BCUT2D eigenvalue weighted by atomic mass is 79.9. The van der Waals surface area contributed by atoms with Crippen molar-refractivity contribution in [2.24, 2.45) is 5.92 Å². The Balaban J connectivity index is 2.43. The number of halogens is 1. The van der Waals surface area contributed by atoms with Crippen molar-refractivity contribution < 1.29 is 14.3 Å². The van der Waals surface area contributed by atoms with Gasteiger partial charge in [0.15, 0.2) is 5.78 Å². The summed E-state index contributed by atoms with van der Waals surface area (Å²) >= 11 is 3.45. The molecule has 0 saturated heterocycles. The molecule has 2 rings (SSSR count). The molecule has 3 nitrogen and oxygen atoms in total. The number of carbonyl (C=O) groups excluding carboxylic acids is 2. The molecule has 1 unspecified atom stereocenters. The number of esters is 1. The van der Waals surface area contributed by atoms with Crippen LogP contribution >= 0.6 is 15.9 Å². The number of hydrogen-bond acceptors (Lipinski definition) is 3. The molecule has 1 aliphatic rings. The van der Waals surface area contributed by atoms with Crippen molar-refractivity contribution in [1.29, 1.82) is 0 Å². The second-order valence-corrected chi connectivity index (χ2v) is 5.18. The van der Waals surface area contributed by atoms with Gasteiger partial charge in [0, 0.05) is 16.5 Å². The lowest BCUT2D eigenvalue weighted by atomic mass is 9.82. The van der Waals surface area contributed by atoms with Crippen LogP contribution in [0.1, 0.15) is 27.9 Å². The van der Waals surface area contributed by atoms with E-state index in [0.717, 1.165) is 21.2 Å². The molecule has 1 aromatic carbocycles. The molecule has 0 spiro atoms. The van der Waals surface area contributed by atoms with Crippen molar-refractivity contribution in [3.63, 3.8) is 0 Å². The molecule has 0 fully saturated rings. The molecule has 1 aliphatic carbocycles. The first-order valence-corrected chi connectivity index (χ1v) is 6.22. The molecule has 4 heteroatoms. The van der Waals surface area contributed by atoms with Crippen LogP contribution in [0.3, 0.4) is 0 Å². The number of Topliss-reactive ketones (excluding diaryl/α,β-unsaturated/α-hetero) is 1. The Morgan fingerprint density at radius 1 is 1.41 bits per heavy atom. The summed E-state index contributed by atoms with van der Waals surface area (Å²) in [6, 6.07) is 3.85. The zero-order valence-corrected chi connectivity index (χ0v) is 11.3. The minimum absolute atomic E-state index is 0.0195. The number of ether oxygens (including phenoxy) is 1. The third kappa shape index (κ3) is 2.27. The molecule has 0 N–H and O–H groups in total. The van der Waals surface area contributed by atoms with Crippen molar-refractivity contribution in [3.8, 4) is 0 Å². The summed E-state index contributed by atoms with van der Waals surface area (Å²) in [5.74, 6) is -0.637. The largest absolute Gasteiger partial charge is 0.469 e. The molecule has 0 bridgehead atoms. The molecule has 0 saturated carbocycles. The van der Waals surface area contributed by atoms with E-state index in [9.17, 15) is 9.59 Å². The van der Waals surface area contributed by atoms with E-state index in [2.05, 4.69) is 15.9 Å². The third-order valence-electron chi connectivity index (χ3n) is 3.06. The molecule has 0 radical (unpaired) electrons. The van der Waals surface area contributed by atoms with E-state index in [4.69, 9.17) is 4.74 Å². The average molecular weight is 297 g/mol. The average Bonchev–Trinajstić information content (AvgIpc) is 2.29. The number of aryl methyl sites for hydroxylation is 1. The number of benzene rings is 1. The highest BCUT2D eigenvalue weighted by Crippen LogP contribution is 2.32.